The zero-order valence-corrected chi connectivity index (χ0v) is 18.6. The third-order valence-corrected chi connectivity index (χ3v) is 5.82. The molecule has 0 radical (unpaired) electrons. The molecule has 0 aromatic heterocycles. The van der Waals surface area contributed by atoms with Crippen molar-refractivity contribution < 1.29 is 14.6 Å². The lowest BCUT2D eigenvalue weighted by Crippen LogP contribution is -2.33. The molecule has 0 amide bonds. The Kier molecular flexibility index (Phi) is 10.5. The number of aliphatic hydroxyl groups is 1. The maximum Gasteiger partial charge on any atom is 0.161 e. The maximum absolute atomic E-state index is 10.3. The number of methoxy groups -OCH3 is 2. The van der Waals surface area contributed by atoms with Crippen LogP contribution in [0.15, 0.2) is 17.0 Å². The molecule has 1 aromatic carbocycles. The zero-order valence-electron chi connectivity index (χ0n) is 16.9. The number of hydrogen-bond acceptors (Lipinski definition) is 7. The zero-order chi connectivity index (χ0) is 19.8. The highest BCUT2D eigenvalue weighted by Gasteiger charge is 2.22. The monoisotopic (exact) mass is 427 g/mol. The molecule has 0 bridgehead atoms. The van der Waals surface area contributed by atoms with Crippen molar-refractivity contribution in [3.8, 4) is 17.6 Å². The van der Waals surface area contributed by atoms with Crippen LogP contribution in [0.4, 0.5) is 0 Å². The van der Waals surface area contributed by atoms with Crippen LogP contribution in [0.25, 0.3) is 5.70 Å². The largest absolute Gasteiger partial charge is 0.493 e. The first-order chi connectivity index (χ1) is 13.1. The van der Waals surface area contributed by atoms with Gasteiger partial charge in [-0.15, -0.1) is 24.2 Å². The fourth-order valence-corrected chi connectivity index (χ4v) is 4.01. The molecule has 1 atom stereocenters. The summed E-state index contributed by atoms with van der Waals surface area (Å²) >= 11 is 1.39. The number of thioether (sulfide) groups is 1. The molecular formula is C20H30ClN3O3S. The summed E-state index contributed by atoms with van der Waals surface area (Å²) in [5.41, 5.74) is 2.89. The average molecular weight is 428 g/mol. The Hall–Kier alpha value is -1.59. The van der Waals surface area contributed by atoms with Gasteiger partial charge in [-0.05, 0) is 37.2 Å². The number of ether oxygens (including phenoxy) is 2. The highest BCUT2D eigenvalue weighted by Crippen LogP contribution is 2.37. The van der Waals surface area contributed by atoms with Gasteiger partial charge < -0.3 is 24.8 Å². The van der Waals surface area contributed by atoms with Crippen molar-refractivity contribution in [3.63, 3.8) is 0 Å². The number of rotatable bonds is 9. The van der Waals surface area contributed by atoms with Gasteiger partial charge in [-0.3, -0.25) is 0 Å². The number of hydrogen-bond donors (Lipinski definition) is 2. The van der Waals surface area contributed by atoms with Crippen molar-refractivity contribution >= 4 is 29.9 Å². The molecule has 1 heterocycles. The lowest BCUT2D eigenvalue weighted by atomic mass is 9.97. The molecule has 1 aliphatic heterocycles. The van der Waals surface area contributed by atoms with Crippen LogP contribution >= 0.6 is 24.2 Å². The van der Waals surface area contributed by atoms with Gasteiger partial charge in [0.1, 0.15) is 11.0 Å². The fourth-order valence-electron chi connectivity index (χ4n) is 3.15. The standard InChI is InChI=1S/C20H29N3O3S.ClH/c1-5-23(6-2)12-15(24)13-27-19(11-21)20-16-10-18(26-4)17(25-3)9-14(16)7-8-22-20;/h9-10,15,22,24H,5-8,12-13H2,1-4H3;1H/b20-19-;. The van der Waals surface area contributed by atoms with Crippen molar-refractivity contribution in [2.24, 2.45) is 0 Å². The first-order valence-corrected chi connectivity index (χ1v) is 10.2. The van der Waals surface area contributed by atoms with Crippen LogP contribution < -0.4 is 14.8 Å². The number of halogens is 1. The second-order valence-corrected chi connectivity index (χ2v) is 7.34. The van der Waals surface area contributed by atoms with E-state index in [0.29, 0.717) is 28.7 Å². The smallest absolute Gasteiger partial charge is 0.161 e. The number of likely N-dealkylation sites (N-methyl/N-ethyl adjacent to an activating group) is 1. The Balaban J connectivity index is 0.00000392. The highest BCUT2D eigenvalue weighted by atomic mass is 35.5. The molecule has 0 fully saturated rings. The summed E-state index contributed by atoms with van der Waals surface area (Å²) < 4.78 is 10.8. The molecule has 28 heavy (non-hydrogen) atoms. The minimum absolute atomic E-state index is 0. The molecule has 1 unspecified atom stereocenters. The summed E-state index contributed by atoms with van der Waals surface area (Å²) in [6.07, 6.45) is 0.375. The summed E-state index contributed by atoms with van der Waals surface area (Å²) in [5.74, 6) is 1.81. The molecule has 6 nitrogen and oxygen atoms in total. The summed E-state index contributed by atoms with van der Waals surface area (Å²) in [7, 11) is 3.23. The lowest BCUT2D eigenvalue weighted by molar-refractivity contribution is 0.137. The SMILES string of the molecule is CCN(CC)CC(O)CS/C(C#N)=C1\NCCc2cc(OC)c(OC)cc21.Cl. The predicted octanol–water partition coefficient (Wildman–Crippen LogP) is 2.90. The Labute approximate surface area is 178 Å². The number of allylic oxidation sites excluding steroid dienone is 1. The van der Waals surface area contributed by atoms with E-state index in [9.17, 15) is 10.4 Å². The minimum atomic E-state index is -0.479. The van der Waals surface area contributed by atoms with Crippen LogP contribution in [-0.2, 0) is 6.42 Å². The van der Waals surface area contributed by atoms with Crippen molar-refractivity contribution in [1.82, 2.24) is 10.2 Å². The molecule has 2 N–H and O–H groups in total. The number of nitriles is 1. The van der Waals surface area contributed by atoms with E-state index in [2.05, 4.69) is 30.1 Å². The van der Waals surface area contributed by atoms with Gasteiger partial charge in [0.2, 0.25) is 0 Å². The number of nitrogens with zero attached hydrogens (tertiary/aromatic N) is 2. The van der Waals surface area contributed by atoms with E-state index in [1.807, 2.05) is 12.1 Å². The Morgan fingerprint density at radius 1 is 1.29 bits per heavy atom. The molecule has 1 aliphatic rings. The summed E-state index contributed by atoms with van der Waals surface area (Å²) in [4.78, 5) is 2.76. The molecular weight excluding hydrogens is 398 g/mol. The van der Waals surface area contributed by atoms with E-state index >= 15 is 0 Å². The van der Waals surface area contributed by atoms with Crippen LogP contribution in [0, 0.1) is 11.3 Å². The van der Waals surface area contributed by atoms with Crippen molar-refractivity contribution in [3.05, 3.63) is 28.2 Å². The number of nitrogens with one attached hydrogen (secondary N) is 1. The van der Waals surface area contributed by atoms with Gasteiger partial charge in [-0.25, -0.2) is 0 Å². The van der Waals surface area contributed by atoms with Gasteiger partial charge in [0, 0.05) is 24.4 Å². The molecule has 1 aromatic rings. The van der Waals surface area contributed by atoms with Gasteiger partial charge >= 0.3 is 0 Å². The van der Waals surface area contributed by atoms with E-state index < -0.39 is 6.10 Å². The Morgan fingerprint density at radius 3 is 2.50 bits per heavy atom. The number of fused-ring (bicyclic) bond motifs is 1. The Bertz CT molecular complexity index is 717. The molecule has 0 saturated carbocycles. The van der Waals surface area contributed by atoms with Gasteiger partial charge in [0.05, 0.1) is 26.0 Å². The van der Waals surface area contributed by atoms with Crippen molar-refractivity contribution in [1.29, 1.82) is 5.26 Å². The first-order valence-electron chi connectivity index (χ1n) is 9.24. The van der Waals surface area contributed by atoms with Crippen LogP contribution in [0.2, 0.25) is 0 Å². The van der Waals surface area contributed by atoms with E-state index in [1.165, 1.54) is 11.8 Å². The van der Waals surface area contributed by atoms with Gasteiger partial charge in [-0.2, -0.15) is 5.26 Å². The predicted molar refractivity (Wildman–Crippen MR) is 117 cm³/mol. The maximum atomic E-state index is 10.3. The molecule has 2 rings (SSSR count). The van der Waals surface area contributed by atoms with Crippen LogP contribution in [0.3, 0.4) is 0 Å². The van der Waals surface area contributed by atoms with Gasteiger partial charge in [0.15, 0.2) is 11.5 Å². The topological polar surface area (TPSA) is 77.8 Å². The third-order valence-electron chi connectivity index (χ3n) is 4.69. The lowest BCUT2D eigenvalue weighted by Gasteiger charge is -2.25. The molecule has 0 aliphatic carbocycles. The van der Waals surface area contributed by atoms with E-state index in [-0.39, 0.29) is 12.4 Å². The highest BCUT2D eigenvalue weighted by molar-refractivity contribution is 8.03. The normalized spacial score (nSPS) is 15.6. The average Bonchev–Trinajstić information content (AvgIpc) is 2.71. The van der Waals surface area contributed by atoms with Crippen molar-refractivity contribution in [2.75, 3.05) is 46.2 Å². The van der Waals surface area contributed by atoms with E-state index in [0.717, 1.165) is 42.9 Å². The molecule has 0 saturated heterocycles. The van der Waals surface area contributed by atoms with Gasteiger partial charge in [-0.1, -0.05) is 13.8 Å². The van der Waals surface area contributed by atoms with Crippen LogP contribution in [0.1, 0.15) is 25.0 Å². The quantitative estimate of drug-likeness (QED) is 0.586. The fraction of sp³-hybridized carbons (Fsp3) is 0.550. The molecule has 0 spiro atoms. The number of aliphatic hydroxyl groups excluding tert-OH is 1. The van der Waals surface area contributed by atoms with E-state index in [1.54, 1.807) is 14.2 Å². The van der Waals surface area contributed by atoms with Gasteiger partial charge in [0.25, 0.3) is 0 Å². The summed E-state index contributed by atoms with van der Waals surface area (Å²) in [6, 6.07) is 6.19. The van der Waals surface area contributed by atoms with Crippen LogP contribution in [-0.4, -0.2) is 62.3 Å². The third kappa shape index (κ3) is 5.95. The first kappa shape index (κ1) is 24.4. The summed E-state index contributed by atoms with van der Waals surface area (Å²) in [6.45, 7) is 7.34. The van der Waals surface area contributed by atoms with Crippen LogP contribution in [0.5, 0.6) is 11.5 Å². The second-order valence-electron chi connectivity index (χ2n) is 6.31. The summed E-state index contributed by atoms with van der Waals surface area (Å²) in [5, 5.41) is 23.4. The van der Waals surface area contributed by atoms with E-state index in [4.69, 9.17) is 9.47 Å². The number of benzene rings is 1. The Morgan fingerprint density at radius 2 is 1.93 bits per heavy atom. The van der Waals surface area contributed by atoms with Crippen molar-refractivity contribution in [2.45, 2.75) is 26.4 Å². The molecule has 156 valence electrons. The molecule has 8 heteroatoms. The second kappa shape index (κ2) is 12.1. The minimum Gasteiger partial charge on any atom is -0.493 e.